The zero-order chi connectivity index (χ0) is 18.7. The van der Waals surface area contributed by atoms with Crippen LogP contribution in [0.5, 0.6) is 5.75 Å². The van der Waals surface area contributed by atoms with Crippen molar-refractivity contribution in [1.82, 2.24) is 10.3 Å². The second-order valence-electron chi connectivity index (χ2n) is 6.99. The molecule has 0 fully saturated rings. The van der Waals surface area contributed by atoms with Crippen LogP contribution in [0.2, 0.25) is 0 Å². The summed E-state index contributed by atoms with van der Waals surface area (Å²) < 4.78 is 6.18. The second-order valence-corrected chi connectivity index (χ2v) is 6.99. The molecule has 142 valence electrons. The molecule has 0 aliphatic rings. The minimum atomic E-state index is 0.779. The first-order valence-electron chi connectivity index (χ1n) is 10.1. The van der Waals surface area contributed by atoms with E-state index in [2.05, 4.69) is 59.7 Å². The minimum Gasteiger partial charge on any atom is -0.493 e. The molecule has 0 unspecified atom stereocenters. The van der Waals surface area contributed by atoms with Gasteiger partial charge in [-0.25, -0.2) is 0 Å². The molecule has 2 aromatic carbocycles. The highest BCUT2D eigenvalue weighted by Crippen LogP contribution is 2.28. The molecule has 0 amide bonds. The van der Waals surface area contributed by atoms with Gasteiger partial charge in [-0.05, 0) is 34.9 Å². The highest BCUT2D eigenvalue weighted by atomic mass is 16.5. The molecule has 1 aromatic heterocycles. The predicted octanol–water partition coefficient (Wildman–Crippen LogP) is 5.87. The predicted molar refractivity (Wildman–Crippen MR) is 113 cm³/mol. The van der Waals surface area contributed by atoms with Crippen molar-refractivity contribution >= 4 is 10.8 Å². The van der Waals surface area contributed by atoms with Gasteiger partial charge in [0, 0.05) is 31.0 Å². The van der Waals surface area contributed by atoms with Gasteiger partial charge in [-0.2, -0.15) is 0 Å². The van der Waals surface area contributed by atoms with Crippen LogP contribution in [0.15, 0.2) is 60.9 Å². The smallest absolute Gasteiger partial charge is 0.124 e. The first-order chi connectivity index (χ1) is 13.4. The molecule has 0 aliphatic heterocycles. The molecule has 1 heterocycles. The van der Waals surface area contributed by atoms with Crippen LogP contribution in [-0.2, 0) is 13.1 Å². The topological polar surface area (TPSA) is 34.1 Å². The number of nitrogens with zero attached hydrogens (tertiary/aromatic N) is 1. The van der Waals surface area contributed by atoms with Gasteiger partial charge < -0.3 is 10.1 Å². The number of pyridine rings is 1. The molecule has 0 bridgehead atoms. The maximum absolute atomic E-state index is 6.18. The summed E-state index contributed by atoms with van der Waals surface area (Å²) in [6.07, 6.45) is 9.98. The molecule has 3 nitrogen and oxygen atoms in total. The number of rotatable bonds is 11. The molecule has 0 saturated carbocycles. The minimum absolute atomic E-state index is 0.779. The van der Waals surface area contributed by atoms with Crippen molar-refractivity contribution in [2.75, 3.05) is 6.61 Å². The third-order valence-corrected chi connectivity index (χ3v) is 4.86. The second kappa shape index (κ2) is 10.7. The normalized spacial score (nSPS) is 11.0. The van der Waals surface area contributed by atoms with Gasteiger partial charge in [-0.3, -0.25) is 4.98 Å². The summed E-state index contributed by atoms with van der Waals surface area (Å²) in [5.74, 6) is 1.00. The molecular formula is C24H30N2O. The van der Waals surface area contributed by atoms with E-state index in [9.17, 15) is 0 Å². The fourth-order valence-electron chi connectivity index (χ4n) is 3.36. The van der Waals surface area contributed by atoms with Crippen molar-refractivity contribution in [3.05, 3.63) is 72.1 Å². The Hall–Kier alpha value is -2.39. The van der Waals surface area contributed by atoms with Gasteiger partial charge in [0.15, 0.2) is 0 Å². The summed E-state index contributed by atoms with van der Waals surface area (Å²) >= 11 is 0. The zero-order valence-corrected chi connectivity index (χ0v) is 16.3. The SMILES string of the molecule is CCCCCCCOc1ccc2ccccc2c1CNCc1cccnc1. The number of aromatic nitrogens is 1. The third kappa shape index (κ3) is 5.80. The first-order valence-corrected chi connectivity index (χ1v) is 10.1. The van der Waals surface area contributed by atoms with E-state index in [-0.39, 0.29) is 0 Å². The van der Waals surface area contributed by atoms with E-state index in [4.69, 9.17) is 4.74 Å². The summed E-state index contributed by atoms with van der Waals surface area (Å²) in [6, 6.07) is 16.9. The average Bonchev–Trinajstić information content (AvgIpc) is 2.72. The summed E-state index contributed by atoms with van der Waals surface area (Å²) in [5, 5.41) is 6.07. The van der Waals surface area contributed by atoms with Crippen LogP contribution < -0.4 is 10.1 Å². The monoisotopic (exact) mass is 362 g/mol. The average molecular weight is 363 g/mol. The Balaban J connectivity index is 1.66. The lowest BCUT2D eigenvalue weighted by Crippen LogP contribution is -2.14. The van der Waals surface area contributed by atoms with Crippen molar-refractivity contribution < 1.29 is 4.74 Å². The number of unbranched alkanes of at least 4 members (excludes halogenated alkanes) is 4. The Morgan fingerprint density at radius 1 is 0.889 bits per heavy atom. The lowest BCUT2D eigenvalue weighted by Gasteiger charge is -2.15. The molecule has 1 N–H and O–H groups in total. The van der Waals surface area contributed by atoms with E-state index >= 15 is 0 Å². The molecule has 0 saturated heterocycles. The Labute approximate surface area is 162 Å². The standard InChI is InChI=1S/C24H30N2O/c1-2-3-4-5-8-16-27-24-14-13-21-11-6-7-12-22(21)23(24)19-26-18-20-10-9-15-25-17-20/h6-7,9-15,17,26H,2-5,8,16,18-19H2,1H3. The quantitative estimate of drug-likeness (QED) is 0.433. The van der Waals surface area contributed by atoms with Gasteiger partial charge in [0.05, 0.1) is 6.61 Å². The number of benzene rings is 2. The maximum Gasteiger partial charge on any atom is 0.124 e. The molecule has 27 heavy (non-hydrogen) atoms. The number of hydrogen-bond donors (Lipinski definition) is 1. The number of nitrogens with one attached hydrogen (secondary N) is 1. The summed E-state index contributed by atoms with van der Waals surface area (Å²) in [7, 11) is 0. The highest BCUT2D eigenvalue weighted by molar-refractivity contribution is 5.87. The van der Waals surface area contributed by atoms with Crippen LogP contribution in [0, 0.1) is 0 Å². The van der Waals surface area contributed by atoms with Gasteiger partial charge in [0.2, 0.25) is 0 Å². The van der Waals surface area contributed by atoms with Crippen LogP contribution in [0.4, 0.5) is 0 Å². The fourth-order valence-corrected chi connectivity index (χ4v) is 3.36. The number of ether oxygens (including phenoxy) is 1. The molecule has 0 radical (unpaired) electrons. The Morgan fingerprint density at radius 3 is 2.63 bits per heavy atom. The van der Waals surface area contributed by atoms with Crippen molar-refractivity contribution in [1.29, 1.82) is 0 Å². The zero-order valence-electron chi connectivity index (χ0n) is 16.3. The summed E-state index contributed by atoms with van der Waals surface area (Å²) in [5.41, 5.74) is 2.43. The van der Waals surface area contributed by atoms with Crippen LogP contribution in [0.25, 0.3) is 10.8 Å². The van der Waals surface area contributed by atoms with Crippen LogP contribution in [0.3, 0.4) is 0 Å². The van der Waals surface area contributed by atoms with Crippen molar-refractivity contribution in [3.8, 4) is 5.75 Å². The summed E-state index contributed by atoms with van der Waals surface area (Å²) in [4.78, 5) is 4.18. The van der Waals surface area contributed by atoms with E-state index in [1.165, 1.54) is 47.6 Å². The lowest BCUT2D eigenvalue weighted by molar-refractivity contribution is 0.301. The number of hydrogen-bond acceptors (Lipinski definition) is 3. The van der Waals surface area contributed by atoms with E-state index < -0.39 is 0 Å². The molecule has 0 atom stereocenters. The molecule has 3 aromatic rings. The lowest BCUT2D eigenvalue weighted by atomic mass is 10.0. The maximum atomic E-state index is 6.18. The molecule has 0 aliphatic carbocycles. The largest absolute Gasteiger partial charge is 0.493 e. The van der Waals surface area contributed by atoms with E-state index in [0.717, 1.165) is 31.9 Å². The Morgan fingerprint density at radius 2 is 1.78 bits per heavy atom. The van der Waals surface area contributed by atoms with Crippen molar-refractivity contribution in [2.24, 2.45) is 0 Å². The number of fused-ring (bicyclic) bond motifs is 1. The Bertz CT molecular complexity index is 817. The molecule has 3 heteroatoms. The Kier molecular flexibility index (Phi) is 7.67. The van der Waals surface area contributed by atoms with Crippen LogP contribution >= 0.6 is 0 Å². The van der Waals surface area contributed by atoms with Gasteiger partial charge >= 0.3 is 0 Å². The molecule has 0 spiro atoms. The highest BCUT2D eigenvalue weighted by Gasteiger charge is 2.09. The van der Waals surface area contributed by atoms with Gasteiger partial charge in [-0.15, -0.1) is 0 Å². The first kappa shape index (κ1) is 19.4. The van der Waals surface area contributed by atoms with Crippen LogP contribution in [0.1, 0.15) is 50.2 Å². The summed E-state index contributed by atoms with van der Waals surface area (Å²) in [6.45, 7) is 4.61. The third-order valence-electron chi connectivity index (χ3n) is 4.86. The molecular weight excluding hydrogens is 332 g/mol. The fraction of sp³-hybridized carbons (Fsp3) is 0.375. The van der Waals surface area contributed by atoms with Crippen molar-refractivity contribution in [3.63, 3.8) is 0 Å². The van der Waals surface area contributed by atoms with E-state index in [1.807, 2.05) is 12.3 Å². The van der Waals surface area contributed by atoms with Gasteiger partial charge in [0.1, 0.15) is 5.75 Å². The van der Waals surface area contributed by atoms with Crippen molar-refractivity contribution in [2.45, 2.75) is 52.1 Å². The molecule has 3 rings (SSSR count). The van der Waals surface area contributed by atoms with Gasteiger partial charge in [-0.1, -0.05) is 69.0 Å². The van der Waals surface area contributed by atoms with E-state index in [0.29, 0.717) is 0 Å². The van der Waals surface area contributed by atoms with E-state index in [1.54, 1.807) is 6.20 Å². The van der Waals surface area contributed by atoms with Gasteiger partial charge in [0.25, 0.3) is 0 Å². The van der Waals surface area contributed by atoms with Crippen LogP contribution in [-0.4, -0.2) is 11.6 Å².